The minimum absolute atomic E-state index is 0.595. The van der Waals surface area contributed by atoms with E-state index in [0.717, 1.165) is 6.42 Å². The van der Waals surface area contributed by atoms with E-state index in [9.17, 15) is 0 Å². The van der Waals surface area contributed by atoms with Crippen LogP contribution in [-0.4, -0.2) is 16.8 Å². The monoisotopic (exact) mass is 148 g/mol. The van der Waals surface area contributed by atoms with E-state index in [1.54, 1.807) is 0 Å². The Morgan fingerprint density at radius 3 is 2.89 bits per heavy atom. The van der Waals surface area contributed by atoms with E-state index in [1.807, 2.05) is 0 Å². The van der Waals surface area contributed by atoms with Gasteiger partial charge in [-0.05, 0) is 11.5 Å². The molecule has 0 heterocycles. The van der Waals surface area contributed by atoms with Gasteiger partial charge in [-0.15, -0.1) is 0 Å². The van der Waals surface area contributed by atoms with Gasteiger partial charge in [0.05, 0.1) is 6.61 Å². The fraction of sp³-hybridized carbons (Fsp3) is 0.600. The molecule has 0 saturated carbocycles. The maximum atomic E-state index is 4.54. The van der Waals surface area contributed by atoms with Crippen molar-refractivity contribution in [1.29, 1.82) is 0 Å². The first-order chi connectivity index (χ1) is 4.41. The molecule has 0 aromatic heterocycles. The summed E-state index contributed by atoms with van der Waals surface area (Å²) >= 11 is 0. The summed E-state index contributed by atoms with van der Waals surface area (Å²) < 4.78 is 0. The van der Waals surface area contributed by atoms with Crippen molar-refractivity contribution in [3.05, 3.63) is 12.8 Å². The highest BCUT2D eigenvalue weighted by Gasteiger charge is 1.84. The van der Waals surface area contributed by atoms with Crippen molar-refractivity contribution in [1.82, 2.24) is 0 Å². The Morgan fingerprint density at radius 2 is 2.33 bits per heavy atom. The smallest absolute Gasteiger partial charge is 0.125 e. The first-order valence-electron chi connectivity index (χ1n) is 2.97. The third kappa shape index (κ3) is 7.68. The zero-order valence-electron chi connectivity index (χ0n) is 5.63. The van der Waals surface area contributed by atoms with Crippen molar-refractivity contribution in [3.63, 3.8) is 0 Å². The SMILES string of the molecule is C=COOOCCC[SiH3]. The highest BCUT2D eigenvalue weighted by atomic mass is 28.1. The highest BCUT2D eigenvalue weighted by molar-refractivity contribution is 6.08. The second-order valence-corrected chi connectivity index (χ2v) is 2.51. The highest BCUT2D eigenvalue weighted by Crippen LogP contribution is 1.87. The molecule has 0 saturated heterocycles. The van der Waals surface area contributed by atoms with Gasteiger partial charge in [0.15, 0.2) is 0 Å². The van der Waals surface area contributed by atoms with Gasteiger partial charge >= 0.3 is 0 Å². The zero-order chi connectivity index (χ0) is 6.95. The Balaban J connectivity index is 2.66. The third-order valence-corrected chi connectivity index (χ3v) is 1.44. The van der Waals surface area contributed by atoms with E-state index in [0.29, 0.717) is 6.61 Å². The molecule has 0 aliphatic heterocycles. The van der Waals surface area contributed by atoms with Gasteiger partial charge in [-0.1, -0.05) is 12.6 Å². The molecule has 0 fully saturated rings. The summed E-state index contributed by atoms with van der Waals surface area (Å²) in [6.45, 7) is 3.85. The quantitative estimate of drug-likeness (QED) is 0.177. The molecule has 0 atom stereocenters. The Bertz CT molecular complexity index is 67.2. The minimum Gasteiger partial charge on any atom is -0.317 e. The molecule has 4 heteroatoms. The lowest BCUT2D eigenvalue weighted by molar-refractivity contribution is -0.489. The van der Waals surface area contributed by atoms with Gasteiger partial charge in [0, 0.05) is 10.2 Å². The number of hydrogen-bond donors (Lipinski definition) is 0. The average molecular weight is 148 g/mol. The van der Waals surface area contributed by atoms with E-state index in [4.69, 9.17) is 0 Å². The fourth-order valence-electron chi connectivity index (χ4n) is 0.293. The molecule has 0 radical (unpaired) electrons. The largest absolute Gasteiger partial charge is 0.317 e. The molecule has 0 bridgehead atoms. The molecule has 0 N–H and O–H groups in total. The van der Waals surface area contributed by atoms with E-state index in [1.165, 1.54) is 22.5 Å². The Morgan fingerprint density at radius 1 is 1.56 bits per heavy atom. The maximum absolute atomic E-state index is 4.54. The molecule has 0 unspecified atom stereocenters. The number of rotatable bonds is 6. The van der Waals surface area contributed by atoms with Gasteiger partial charge in [0.1, 0.15) is 6.26 Å². The zero-order valence-corrected chi connectivity index (χ0v) is 7.63. The van der Waals surface area contributed by atoms with Crippen LogP contribution in [0.2, 0.25) is 6.04 Å². The van der Waals surface area contributed by atoms with Crippen molar-refractivity contribution in [2.75, 3.05) is 6.61 Å². The van der Waals surface area contributed by atoms with Crippen LogP contribution >= 0.6 is 0 Å². The summed E-state index contributed by atoms with van der Waals surface area (Å²) in [5.41, 5.74) is 0. The van der Waals surface area contributed by atoms with Crippen molar-refractivity contribution < 1.29 is 14.8 Å². The predicted molar refractivity (Wildman–Crippen MR) is 37.7 cm³/mol. The normalized spacial score (nSPS) is 9.33. The lowest BCUT2D eigenvalue weighted by atomic mass is 10.5. The van der Waals surface area contributed by atoms with Crippen molar-refractivity contribution in [2.45, 2.75) is 12.5 Å². The van der Waals surface area contributed by atoms with Crippen LogP contribution in [-0.2, 0) is 14.8 Å². The molecule has 0 aliphatic rings. The number of hydrogen-bond acceptors (Lipinski definition) is 3. The average Bonchev–Trinajstić information content (AvgIpc) is 1.89. The Kier molecular flexibility index (Phi) is 7.40. The van der Waals surface area contributed by atoms with Gasteiger partial charge < -0.3 is 4.89 Å². The summed E-state index contributed by atoms with van der Waals surface area (Å²) in [7, 11) is 1.21. The van der Waals surface area contributed by atoms with E-state index in [2.05, 4.69) is 21.4 Å². The van der Waals surface area contributed by atoms with Crippen LogP contribution in [0.3, 0.4) is 0 Å². The van der Waals surface area contributed by atoms with E-state index in [-0.39, 0.29) is 0 Å². The fourth-order valence-corrected chi connectivity index (χ4v) is 0.582. The lowest BCUT2D eigenvalue weighted by Crippen LogP contribution is -1.94. The molecular formula is C5H12O3Si. The molecule has 0 rings (SSSR count). The van der Waals surface area contributed by atoms with Crippen molar-refractivity contribution in [2.24, 2.45) is 0 Å². The standard InChI is InChI=1S/C5H12O3Si/c1-2-6-8-7-4-3-5-9/h2H,1,3-5H2,9H3. The van der Waals surface area contributed by atoms with Crippen LogP contribution in [0.25, 0.3) is 0 Å². The minimum atomic E-state index is 0.595. The van der Waals surface area contributed by atoms with Crippen LogP contribution in [0.5, 0.6) is 0 Å². The molecular weight excluding hydrogens is 136 g/mol. The van der Waals surface area contributed by atoms with E-state index < -0.39 is 0 Å². The molecule has 0 aromatic carbocycles. The maximum Gasteiger partial charge on any atom is 0.125 e. The van der Waals surface area contributed by atoms with Crippen LogP contribution in [0.1, 0.15) is 6.42 Å². The first-order valence-corrected chi connectivity index (χ1v) is 4.39. The van der Waals surface area contributed by atoms with Gasteiger partial charge in [0.2, 0.25) is 0 Å². The summed E-state index contributed by atoms with van der Waals surface area (Å²) in [5.74, 6) is 0. The van der Waals surface area contributed by atoms with Gasteiger partial charge in [0.25, 0.3) is 0 Å². The van der Waals surface area contributed by atoms with Crippen LogP contribution in [0, 0.1) is 0 Å². The molecule has 0 aliphatic carbocycles. The summed E-state index contributed by atoms with van der Waals surface area (Å²) in [4.78, 5) is 8.78. The van der Waals surface area contributed by atoms with Gasteiger partial charge in [-0.25, -0.2) is 0 Å². The van der Waals surface area contributed by atoms with Crippen LogP contribution in [0.15, 0.2) is 12.8 Å². The summed E-state index contributed by atoms with van der Waals surface area (Å²) in [6, 6.07) is 1.22. The van der Waals surface area contributed by atoms with Crippen LogP contribution in [0.4, 0.5) is 0 Å². The second kappa shape index (κ2) is 7.68. The van der Waals surface area contributed by atoms with Crippen molar-refractivity contribution in [3.8, 4) is 0 Å². The molecule has 9 heavy (non-hydrogen) atoms. The molecule has 0 aromatic rings. The van der Waals surface area contributed by atoms with Gasteiger partial charge in [-0.3, -0.25) is 0 Å². The first kappa shape index (κ1) is 8.68. The van der Waals surface area contributed by atoms with Crippen LogP contribution < -0.4 is 0 Å². The van der Waals surface area contributed by atoms with Gasteiger partial charge in [-0.2, -0.15) is 4.89 Å². The Labute approximate surface area is 57.9 Å². The predicted octanol–water partition coefficient (Wildman–Crippen LogP) is 0.183. The van der Waals surface area contributed by atoms with E-state index >= 15 is 0 Å². The molecule has 54 valence electrons. The topological polar surface area (TPSA) is 27.7 Å². The summed E-state index contributed by atoms with van der Waals surface area (Å²) in [5, 5.41) is 4.18. The lowest BCUT2D eigenvalue weighted by Gasteiger charge is -1.97. The second-order valence-electron chi connectivity index (χ2n) is 1.51. The summed E-state index contributed by atoms with van der Waals surface area (Å²) in [6.07, 6.45) is 2.20. The Hall–Kier alpha value is -0.323. The molecule has 0 spiro atoms. The molecule has 3 nitrogen and oxygen atoms in total. The molecule has 0 amide bonds. The third-order valence-electron chi connectivity index (χ3n) is 0.737. The van der Waals surface area contributed by atoms with Crippen molar-refractivity contribution >= 4 is 10.2 Å².